The van der Waals surface area contributed by atoms with Crippen LogP contribution in [0.3, 0.4) is 0 Å². The second kappa shape index (κ2) is 25.6. The Morgan fingerprint density at radius 3 is 2.29 bits per heavy atom. The first-order valence-corrected chi connectivity index (χ1v) is 23.7. The van der Waals surface area contributed by atoms with Crippen molar-refractivity contribution in [2.24, 2.45) is 4.99 Å². The molecule has 72 heavy (non-hydrogen) atoms. The highest BCUT2D eigenvalue weighted by Gasteiger charge is 2.40. The van der Waals surface area contributed by atoms with Crippen LogP contribution in [0.1, 0.15) is 75.1 Å². The fourth-order valence-electron chi connectivity index (χ4n) is 8.36. The highest BCUT2D eigenvalue weighted by Crippen LogP contribution is 2.36. The number of benzene rings is 4. The van der Waals surface area contributed by atoms with Gasteiger partial charge in [-0.1, -0.05) is 29.8 Å². The number of hydrogen-bond donors (Lipinski definition) is 5. The summed E-state index contributed by atoms with van der Waals surface area (Å²) in [5.74, 6) is -2.74. The number of rotatable bonds is 23. The van der Waals surface area contributed by atoms with Gasteiger partial charge < -0.3 is 40.4 Å². The Bertz CT molecular complexity index is 2800. The number of unbranched alkanes of at least 4 members (excludes halogenated alkanes) is 1. The number of imide groups is 1. The summed E-state index contributed by atoms with van der Waals surface area (Å²) in [4.78, 5) is 77.7. The number of piperidine rings is 1. The molecule has 1 atom stereocenters. The number of hydrogen-bond acceptors (Lipinski definition) is 13. The smallest absolute Gasteiger partial charge is 0.255 e. The molecule has 1 aromatic heterocycles. The second-order valence-electron chi connectivity index (χ2n) is 16.8. The summed E-state index contributed by atoms with van der Waals surface area (Å²) < 4.78 is 46.6. The summed E-state index contributed by atoms with van der Waals surface area (Å²) in [5, 5.41) is 14.9. The molecule has 4 heterocycles. The SMILES string of the molecule is Cl.O=C1CCC(N2Cc3c(NC(=O)CCCCNCCOCCOCCOCCNC(=O)c4ccc(Nc5ncc6c(n5)-c5ccc(Cl)cc5C(c5c(F)cccc5F)=NC6)cc4)cccc3C2=O)C(=O)N1. The summed E-state index contributed by atoms with van der Waals surface area (Å²) >= 11 is 6.34. The standard InChI is InChI=1S/C51H52ClF2N9O8.ClH/c52-33-12-15-35-37(27-33)47(45-39(53)6-4-7-40(45)54)57-28-32-29-58-51(62-46(32)35)59-34-13-10-31(11-14-34)48(66)56-20-22-70-24-26-71-25-23-69-21-19-55-18-2-1-9-43(64)60-41-8-3-5-36-38(41)30-63(50(36)68)42-16-17-44(65)61-49(42)67;/h3-8,10-15,27,29,42,55H,1-2,9,16-26,28,30H2,(H,56,66)(H,60,64)(H,58,59,62)(H,61,65,67);1H. The molecule has 0 bridgehead atoms. The minimum Gasteiger partial charge on any atom is -0.378 e. The third-order valence-corrected chi connectivity index (χ3v) is 12.2. The lowest BCUT2D eigenvalue weighted by atomic mass is 9.95. The molecule has 3 aliphatic heterocycles. The second-order valence-corrected chi connectivity index (χ2v) is 17.2. The molecule has 5 aromatic rings. The Kier molecular flexibility index (Phi) is 18.9. The first kappa shape index (κ1) is 53.1. The predicted molar refractivity (Wildman–Crippen MR) is 268 cm³/mol. The molecular weight excluding hydrogens is 976 g/mol. The van der Waals surface area contributed by atoms with Gasteiger partial charge in [0.15, 0.2) is 0 Å². The number of aliphatic imine (C=N–C) groups is 1. The van der Waals surface area contributed by atoms with E-state index in [9.17, 15) is 32.8 Å². The minimum atomic E-state index is -0.739. The van der Waals surface area contributed by atoms with Crippen molar-refractivity contribution in [2.45, 2.75) is 51.2 Å². The number of ether oxygens (including phenoxy) is 3. The highest BCUT2D eigenvalue weighted by atomic mass is 35.5. The summed E-state index contributed by atoms with van der Waals surface area (Å²) in [6, 6.07) is 19.9. The lowest BCUT2D eigenvalue weighted by Crippen LogP contribution is -2.52. The number of halogens is 4. The molecule has 0 saturated carbocycles. The summed E-state index contributed by atoms with van der Waals surface area (Å²) in [6.07, 6.45) is 3.83. The maximum Gasteiger partial charge on any atom is 0.255 e. The fourth-order valence-corrected chi connectivity index (χ4v) is 8.53. The summed E-state index contributed by atoms with van der Waals surface area (Å²) in [5.41, 5.74) is 4.87. The molecular formula is C51H53Cl2F2N9O8. The van der Waals surface area contributed by atoms with Gasteiger partial charge in [-0.25, -0.2) is 18.7 Å². The number of nitrogens with one attached hydrogen (secondary N) is 5. The van der Waals surface area contributed by atoms with Gasteiger partial charge in [-0.3, -0.25) is 34.3 Å². The van der Waals surface area contributed by atoms with E-state index < -0.39 is 23.6 Å². The van der Waals surface area contributed by atoms with Crippen molar-refractivity contribution in [3.63, 3.8) is 0 Å². The van der Waals surface area contributed by atoms with Gasteiger partial charge in [0.1, 0.15) is 17.7 Å². The van der Waals surface area contributed by atoms with E-state index in [1.807, 2.05) is 0 Å². The van der Waals surface area contributed by atoms with Gasteiger partial charge in [-0.05, 0) is 86.5 Å². The van der Waals surface area contributed by atoms with E-state index >= 15 is 0 Å². The molecule has 21 heteroatoms. The number of carbonyl (C=O) groups is 5. The number of carbonyl (C=O) groups excluding carboxylic acids is 5. The third kappa shape index (κ3) is 13.4. The van der Waals surface area contributed by atoms with E-state index in [-0.39, 0.29) is 79.2 Å². The molecule has 0 radical (unpaired) electrons. The van der Waals surface area contributed by atoms with Crippen LogP contribution in [-0.4, -0.2) is 115 Å². The van der Waals surface area contributed by atoms with Crippen molar-refractivity contribution < 1.29 is 47.0 Å². The van der Waals surface area contributed by atoms with Crippen LogP contribution >= 0.6 is 24.0 Å². The first-order chi connectivity index (χ1) is 34.5. The Hall–Kier alpha value is -6.74. The number of amides is 5. The zero-order valence-electron chi connectivity index (χ0n) is 39.1. The van der Waals surface area contributed by atoms with Gasteiger partial charge >= 0.3 is 0 Å². The number of anilines is 3. The zero-order chi connectivity index (χ0) is 49.7. The maximum atomic E-state index is 14.9. The summed E-state index contributed by atoms with van der Waals surface area (Å²) in [7, 11) is 0. The van der Waals surface area contributed by atoms with Crippen molar-refractivity contribution in [1.29, 1.82) is 0 Å². The van der Waals surface area contributed by atoms with E-state index in [0.717, 1.165) is 13.0 Å². The summed E-state index contributed by atoms with van der Waals surface area (Å²) in [6.45, 7) is 4.33. The van der Waals surface area contributed by atoms with Crippen LogP contribution in [0.15, 0.2) is 90.1 Å². The molecule has 378 valence electrons. The van der Waals surface area contributed by atoms with Gasteiger partial charge in [-0.2, -0.15) is 0 Å². The molecule has 0 aliphatic carbocycles. The van der Waals surface area contributed by atoms with Crippen LogP contribution in [0, 0.1) is 11.6 Å². The number of aromatic nitrogens is 2. The van der Waals surface area contributed by atoms with Crippen molar-refractivity contribution >= 4 is 76.6 Å². The van der Waals surface area contributed by atoms with E-state index in [4.69, 9.17) is 30.8 Å². The topological polar surface area (TPSA) is 215 Å². The Balaban J connectivity index is 0.00000760. The van der Waals surface area contributed by atoms with Crippen LogP contribution in [0.5, 0.6) is 0 Å². The minimum absolute atomic E-state index is 0. The Morgan fingerprint density at radius 1 is 0.819 bits per heavy atom. The molecule has 3 aliphatic rings. The Morgan fingerprint density at radius 2 is 1.54 bits per heavy atom. The molecule has 1 saturated heterocycles. The van der Waals surface area contributed by atoms with E-state index in [0.29, 0.717) is 121 Å². The van der Waals surface area contributed by atoms with Gasteiger partial charge in [-0.15, -0.1) is 12.4 Å². The molecule has 8 rings (SSSR count). The highest BCUT2D eigenvalue weighted by molar-refractivity contribution is 6.31. The first-order valence-electron chi connectivity index (χ1n) is 23.3. The maximum absolute atomic E-state index is 14.9. The molecule has 17 nitrogen and oxygen atoms in total. The monoisotopic (exact) mass is 1030 g/mol. The van der Waals surface area contributed by atoms with E-state index in [1.54, 1.807) is 66.9 Å². The fraction of sp³-hybridized carbons (Fsp3) is 0.333. The molecule has 5 amide bonds. The van der Waals surface area contributed by atoms with Crippen LogP contribution in [0.25, 0.3) is 11.3 Å². The zero-order valence-corrected chi connectivity index (χ0v) is 40.6. The van der Waals surface area contributed by atoms with Gasteiger partial charge in [0.05, 0.1) is 63.2 Å². The predicted octanol–water partition coefficient (Wildman–Crippen LogP) is 6.53. The van der Waals surface area contributed by atoms with Crippen LogP contribution in [0.2, 0.25) is 5.02 Å². The van der Waals surface area contributed by atoms with Gasteiger partial charge in [0.2, 0.25) is 23.7 Å². The molecule has 0 spiro atoms. The number of nitrogens with zero attached hydrogens (tertiary/aromatic N) is 4. The van der Waals surface area contributed by atoms with Crippen molar-refractivity contribution in [2.75, 3.05) is 69.9 Å². The lowest BCUT2D eigenvalue weighted by Gasteiger charge is -2.29. The van der Waals surface area contributed by atoms with Crippen LogP contribution < -0.4 is 26.6 Å². The number of fused-ring (bicyclic) bond motifs is 4. The largest absolute Gasteiger partial charge is 0.378 e. The lowest BCUT2D eigenvalue weighted by molar-refractivity contribution is -0.137. The molecule has 1 unspecified atom stereocenters. The molecule has 4 aromatic carbocycles. The van der Waals surface area contributed by atoms with E-state index in [1.165, 1.54) is 23.1 Å². The van der Waals surface area contributed by atoms with Gasteiger partial charge in [0.25, 0.3) is 11.8 Å². The quantitative estimate of drug-likeness (QED) is 0.0349. The van der Waals surface area contributed by atoms with E-state index in [2.05, 4.69) is 36.6 Å². The third-order valence-electron chi connectivity index (χ3n) is 11.9. The van der Waals surface area contributed by atoms with Gasteiger partial charge in [0, 0.05) is 88.5 Å². The van der Waals surface area contributed by atoms with Crippen LogP contribution in [0.4, 0.5) is 26.1 Å². The average Bonchev–Trinajstić information content (AvgIpc) is 3.61. The molecule has 1 fully saturated rings. The van der Waals surface area contributed by atoms with Crippen LogP contribution in [-0.2, 0) is 41.7 Å². The average molecular weight is 1030 g/mol. The normalized spacial score (nSPS) is 14.8. The molecule has 5 N–H and O–H groups in total. The van der Waals surface area contributed by atoms with Crippen molar-refractivity contribution in [3.05, 3.63) is 135 Å². The van der Waals surface area contributed by atoms with Crippen molar-refractivity contribution in [1.82, 2.24) is 30.8 Å². The Labute approximate surface area is 425 Å². The van der Waals surface area contributed by atoms with Crippen molar-refractivity contribution in [3.8, 4) is 11.3 Å².